The third-order valence-electron chi connectivity index (χ3n) is 2.39. The molecule has 1 aliphatic carbocycles. The normalized spacial score (nSPS) is 37.2. The lowest BCUT2D eigenvalue weighted by Crippen LogP contribution is -2.10. The summed E-state index contributed by atoms with van der Waals surface area (Å²) in [5.74, 6) is 0. The van der Waals surface area contributed by atoms with Crippen LogP contribution < -0.4 is 0 Å². The quantitative estimate of drug-likeness (QED) is 0.459. The van der Waals surface area contributed by atoms with E-state index in [-0.39, 0.29) is 5.60 Å². The summed E-state index contributed by atoms with van der Waals surface area (Å²) in [6.07, 6.45) is 15.3. The van der Waals surface area contributed by atoms with Crippen LogP contribution in [-0.2, 0) is 4.74 Å². The zero-order valence-corrected chi connectivity index (χ0v) is 7.36. The third-order valence-corrected chi connectivity index (χ3v) is 2.39. The lowest BCUT2D eigenvalue weighted by molar-refractivity contribution is 0.342. The van der Waals surface area contributed by atoms with Crippen LogP contribution in [0.4, 0.5) is 0 Å². The largest absolute Gasteiger partial charge is 0.357 e. The Morgan fingerprint density at radius 2 is 2.33 bits per heavy atom. The van der Waals surface area contributed by atoms with E-state index in [0.717, 1.165) is 12.8 Å². The Balaban J connectivity index is 1.94. The Morgan fingerprint density at radius 1 is 1.42 bits per heavy atom. The Morgan fingerprint density at radius 3 is 3.08 bits per heavy atom. The van der Waals surface area contributed by atoms with Gasteiger partial charge in [0.25, 0.3) is 0 Å². The molecule has 0 amide bonds. The summed E-state index contributed by atoms with van der Waals surface area (Å²) >= 11 is 0. The second kappa shape index (κ2) is 2.91. The molecule has 2 rings (SSSR count). The molecule has 12 heavy (non-hydrogen) atoms. The van der Waals surface area contributed by atoms with Gasteiger partial charge in [-0.25, -0.2) is 0 Å². The molecule has 64 valence electrons. The van der Waals surface area contributed by atoms with Crippen LogP contribution in [0, 0.1) is 0 Å². The van der Waals surface area contributed by atoms with Crippen LogP contribution in [0.1, 0.15) is 19.8 Å². The van der Waals surface area contributed by atoms with Gasteiger partial charge in [0.1, 0.15) is 11.7 Å². The third kappa shape index (κ3) is 1.25. The van der Waals surface area contributed by atoms with Gasteiger partial charge in [0.2, 0.25) is 0 Å². The number of hydrogen-bond acceptors (Lipinski definition) is 1. The number of epoxide rings is 1. The zero-order valence-electron chi connectivity index (χ0n) is 7.36. The minimum atomic E-state index is 0.0421. The number of hydrogen-bond donors (Lipinski definition) is 0. The van der Waals surface area contributed by atoms with Crippen molar-refractivity contribution >= 4 is 0 Å². The summed E-state index contributed by atoms with van der Waals surface area (Å²) in [4.78, 5) is 0. The van der Waals surface area contributed by atoms with Crippen LogP contribution >= 0.6 is 0 Å². The van der Waals surface area contributed by atoms with Crippen LogP contribution in [0.2, 0.25) is 0 Å². The van der Waals surface area contributed by atoms with Gasteiger partial charge >= 0.3 is 0 Å². The smallest absolute Gasteiger partial charge is 0.121 e. The van der Waals surface area contributed by atoms with Gasteiger partial charge in [0.05, 0.1) is 0 Å². The first-order valence-corrected chi connectivity index (χ1v) is 4.56. The van der Waals surface area contributed by atoms with Gasteiger partial charge in [-0.1, -0.05) is 37.3 Å². The Labute approximate surface area is 73.4 Å². The van der Waals surface area contributed by atoms with E-state index in [1.54, 1.807) is 0 Å². The molecule has 1 heteroatoms. The van der Waals surface area contributed by atoms with Gasteiger partial charge in [0.15, 0.2) is 0 Å². The van der Waals surface area contributed by atoms with Gasteiger partial charge in [-0.2, -0.15) is 0 Å². The maximum absolute atomic E-state index is 5.59. The number of ether oxygens (including phenoxy) is 1. The maximum atomic E-state index is 5.59. The number of allylic oxidation sites excluding steroid dienone is 3. The van der Waals surface area contributed by atoms with Crippen molar-refractivity contribution in [3.05, 3.63) is 36.5 Å². The highest BCUT2D eigenvalue weighted by atomic mass is 16.6. The molecule has 0 bridgehead atoms. The van der Waals surface area contributed by atoms with Gasteiger partial charge < -0.3 is 4.74 Å². The average molecular weight is 162 g/mol. The van der Waals surface area contributed by atoms with E-state index < -0.39 is 0 Å². The van der Waals surface area contributed by atoms with Crippen LogP contribution in [0.5, 0.6) is 0 Å². The highest BCUT2D eigenvalue weighted by Gasteiger charge is 2.52. The van der Waals surface area contributed by atoms with Gasteiger partial charge in [-0.15, -0.1) is 0 Å². The molecule has 1 heterocycles. The van der Waals surface area contributed by atoms with E-state index in [4.69, 9.17) is 4.74 Å². The lowest BCUT2D eigenvalue weighted by atomic mass is 9.97. The van der Waals surface area contributed by atoms with Crippen molar-refractivity contribution in [2.24, 2.45) is 0 Å². The topological polar surface area (TPSA) is 12.5 Å². The van der Waals surface area contributed by atoms with Crippen molar-refractivity contribution in [3.8, 4) is 0 Å². The van der Waals surface area contributed by atoms with Gasteiger partial charge in [0, 0.05) is 6.42 Å². The van der Waals surface area contributed by atoms with Crippen molar-refractivity contribution in [1.82, 2.24) is 0 Å². The summed E-state index contributed by atoms with van der Waals surface area (Å²) in [6.45, 7) is 2.15. The Kier molecular flexibility index (Phi) is 1.89. The highest BCUT2D eigenvalue weighted by Crippen LogP contribution is 2.44. The van der Waals surface area contributed by atoms with Gasteiger partial charge in [-0.05, 0) is 12.5 Å². The molecule has 0 aromatic rings. The molecule has 1 saturated heterocycles. The van der Waals surface area contributed by atoms with Crippen LogP contribution in [0.15, 0.2) is 36.5 Å². The van der Waals surface area contributed by atoms with Crippen molar-refractivity contribution in [3.63, 3.8) is 0 Å². The molecule has 1 nitrogen and oxygen atoms in total. The monoisotopic (exact) mass is 162 g/mol. The average Bonchev–Trinajstić information content (AvgIpc) is 2.79. The number of fused-ring (bicyclic) bond motifs is 1. The van der Waals surface area contributed by atoms with E-state index in [9.17, 15) is 0 Å². The summed E-state index contributed by atoms with van der Waals surface area (Å²) in [5, 5.41) is 0. The zero-order chi connectivity index (χ0) is 8.44. The van der Waals surface area contributed by atoms with Crippen LogP contribution in [-0.4, -0.2) is 11.7 Å². The van der Waals surface area contributed by atoms with E-state index >= 15 is 0 Å². The van der Waals surface area contributed by atoms with Crippen LogP contribution in [0.3, 0.4) is 0 Å². The second-order valence-corrected chi connectivity index (χ2v) is 3.32. The molecule has 0 radical (unpaired) electrons. The van der Waals surface area contributed by atoms with E-state index in [1.807, 2.05) is 0 Å². The Bertz CT molecular complexity index is 250. The first kappa shape index (κ1) is 7.81. The minimum absolute atomic E-state index is 0.0421. The van der Waals surface area contributed by atoms with Crippen molar-refractivity contribution in [2.75, 3.05) is 0 Å². The SMILES string of the molecule is CCC=CCC12C=CC=CC1O2. The van der Waals surface area contributed by atoms with Crippen LogP contribution in [0.25, 0.3) is 0 Å². The van der Waals surface area contributed by atoms with Crippen molar-refractivity contribution in [1.29, 1.82) is 0 Å². The molecule has 0 aromatic heterocycles. The summed E-state index contributed by atoms with van der Waals surface area (Å²) in [5.41, 5.74) is 0.0421. The molecule has 2 unspecified atom stereocenters. The maximum Gasteiger partial charge on any atom is 0.121 e. The standard InChI is InChI=1S/C11H14O/c1-2-3-5-8-11-9-6-4-7-10(11)12-11/h3-7,9-10H,2,8H2,1H3. The first-order valence-electron chi connectivity index (χ1n) is 4.56. The molecule has 0 aromatic carbocycles. The summed E-state index contributed by atoms with van der Waals surface area (Å²) in [6, 6.07) is 0. The van der Waals surface area contributed by atoms with E-state index in [2.05, 4.69) is 43.4 Å². The molecule has 2 aliphatic rings. The highest BCUT2D eigenvalue weighted by molar-refractivity contribution is 5.32. The fourth-order valence-corrected chi connectivity index (χ4v) is 1.59. The van der Waals surface area contributed by atoms with E-state index in [1.165, 1.54) is 0 Å². The van der Waals surface area contributed by atoms with Crippen molar-refractivity contribution in [2.45, 2.75) is 31.5 Å². The molecule has 0 N–H and O–H groups in total. The van der Waals surface area contributed by atoms with Gasteiger partial charge in [-0.3, -0.25) is 0 Å². The molecule has 0 saturated carbocycles. The fourth-order valence-electron chi connectivity index (χ4n) is 1.59. The second-order valence-electron chi connectivity index (χ2n) is 3.32. The Hall–Kier alpha value is -0.820. The molecule has 0 spiro atoms. The molecule has 1 aliphatic heterocycles. The molecular formula is C11H14O. The molecule has 1 fully saturated rings. The minimum Gasteiger partial charge on any atom is -0.357 e. The summed E-state index contributed by atoms with van der Waals surface area (Å²) < 4.78 is 5.59. The predicted molar refractivity (Wildman–Crippen MR) is 49.9 cm³/mol. The molecule has 2 atom stereocenters. The number of rotatable bonds is 3. The lowest BCUT2D eigenvalue weighted by Gasteiger charge is -2.04. The van der Waals surface area contributed by atoms with Crippen molar-refractivity contribution < 1.29 is 4.74 Å². The fraction of sp³-hybridized carbons (Fsp3) is 0.455. The van der Waals surface area contributed by atoms with E-state index in [0.29, 0.717) is 6.10 Å². The molecular weight excluding hydrogens is 148 g/mol. The summed E-state index contributed by atoms with van der Waals surface area (Å²) in [7, 11) is 0. The first-order chi connectivity index (χ1) is 5.87. The predicted octanol–water partition coefficient (Wildman–Crippen LogP) is 2.61.